The molecular weight excluding hydrogens is 248 g/mol. The van der Waals surface area contributed by atoms with E-state index in [0.29, 0.717) is 12.6 Å². The molecule has 2 aliphatic heterocycles. The molecule has 0 saturated carbocycles. The second-order valence-corrected chi connectivity index (χ2v) is 6.32. The Morgan fingerprint density at radius 3 is 3.00 bits per heavy atom. The number of hydrogen-bond acceptors (Lipinski definition) is 4. The van der Waals surface area contributed by atoms with Crippen LogP contribution in [0.1, 0.15) is 30.9 Å². The maximum atomic E-state index is 5.63. The van der Waals surface area contributed by atoms with Crippen molar-refractivity contribution in [3.05, 3.63) is 23.4 Å². The molecule has 2 aliphatic rings. The van der Waals surface area contributed by atoms with Crippen molar-refractivity contribution in [2.75, 3.05) is 31.1 Å². The Morgan fingerprint density at radius 1 is 1.40 bits per heavy atom. The number of rotatable bonds is 3. The van der Waals surface area contributed by atoms with E-state index < -0.39 is 0 Å². The number of aromatic nitrogens is 1. The molecule has 0 radical (unpaired) electrons. The van der Waals surface area contributed by atoms with Crippen LogP contribution in [0, 0.1) is 6.92 Å². The van der Waals surface area contributed by atoms with Gasteiger partial charge in [-0.1, -0.05) is 6.07 Å². The van der Waals surface area contributed by atoms with Gasteiger partial charge in [-0.3, -0.25) is 4.90 Å². The third-order valence-electron chi connectivity index (χ3n) is 4.75. The van der Waals surface area contributed by atoms with Crippen molar-refractivity contribution in [1.82, 2.24) is 9.88 Å². The van der Waals surface area contributed by atoms with Gasteiger partial charge in [0.15, 0.2) is 0 Å². The van der Waals surface area contributed by atoms with Crippen molar-refractivity contribution in [3.63, 3.8) is 0 Å². The summed E-state index contributed by atoms with van der Waals surface area (Å²) in [6.45, 7) is 8.78. The highest BCUT2D eigenvalue weighted by Gasteiger charge is 2.35. The lowest BCUT2D eigenvalue weighted by molar-refractivity contribution is 0.202. The smallest absolute Gasteiger partial charge is 0.131 e. The molecule has 4 heteroatoms. The fraction of sp³-hybridized carbons (Fsp3) is 0.688. The summed E-state index contributed by atoms with van der Waals surface area (Å²) in [7, 11) is 0. The number of nitrogens with two attached hydrogens (primary N) is 1. The summed E-state index contributed by atoms with van der Waals surface area (Å²) < 4.78 is 0. The monoisotopic (exact) mass is 274 g/mol. The minimum absolute atomic E-state index is 0.552. The highest BCUT2D eigenvalue weighted by molar-refractivity contribution is 5.49. The first kappa shape index (κ1) is 13.8. The van der Waals surface area contributed by atoms with E-state index in [1.54, 1.807) is 0 Å². The summed E-state index contributed by atoms with van der Waals surface area (Å²) in [6.07, 6.45) is 5.61. The van der Waals surface area contributed by atoms with Crippen molar-refractivity contribution in [2.24, 2.45) is 5.73 Å². The molecule has 2 N–H and O–H groups in total. The van der Waals surface area contributed by atoms with Crippen molar-refractivity contribution in [3.8, 4) is 0 Å². The predicted octanol–water partition coefficient (Wildman–Crippen LogP) is 1.56. The number of nitrogens with zero attached hydrogens (tertiary/aromatic N) is 3. The number of hydrogen-bond donors (Lipinski definition) is 1. The van der Waals surface area contributed by atoms with Crippen LogP contribution in [0.5, 0.6) is 0 Å². The maximum absolute atomic E-state index is 5.63. The van der Waals surface area contributed by atoms with Crippen molar-refractivity contribution >= 4 is 5.82 Å². The normalized spacial score (nSPS) is 26.9. The van der Waals surface area contributed by atoms with E-state index in [4.69, 9.17) is 10.7 Å². The van der Waals surface area contributed by atoms with Gasteiger partial charge in [-0.2, -0.15) is 0 Å². The molecular formula is C16H26N4. The van der Waals surface area contributed by atoms with Gasteiger partial charge in [-0.25, -0.2) is 4.98 Å². The number of aryl methyl sites for hydroxylation is 1. The summed E-state index contributed by atoms with van der Waals surface area (Å²) in [5.74, 6) is 1.17. The highest BCUT2D eigenvalue weighted by atomic mass is 15.3. The molecule has 3 heterocycles. The molecule has 0 aromatic carbocycles. The summed E-state index contributed by atoms with van der Waals surface area (Å²) in [4.78, 5) is 9.90. The zero-order valence-corrected chi connectivity index (χ0v) is 12.7. The molecule has 0 amide bonds. The average molecular weight is 274 g/mol. The summed E-state index contributed by atoms with van der Waals surface area (Å²) in [5.41, 5.74) is 8.17. The Kier molecular flexibility index (Phi) is 3.94. The molecule has 2 unspecified atom stereocenters. The third kappa shape index (κ3) is 2.54. The predicted molar refractivity (Wildman–Crippen MR) is 83.1 cm³/mol. The van der Waals surface area contributed by atoms with Gasteiger partial charge < -0.3 is 10.6 Å². The van der Waals surface area contributed by atoms with Gasteiger partial charge in [-0.05, 0) is 57.3 Å². The van der Waals surface area contributed by atoms with Crippen LogP contribution in [0.4, 0.5) is 5.82 Å². The van der Waals surface area contributed by atoms with Crippen LogP contribution >= 0.6 is 0 Å². The Bertz CT molecular complexity index is 474. The number of piperazine rings is 1. The zero-order chi connectivity index (χ0) is 14.1. The average Bonchev–Trinajstić information content (AvgIpc) is 2.86. The fourth-order valence-electron chi connectivity index (χ4n) is 3.71. The van der Waals surface area contributed by atoms with Crippen LogP contribution in [0.2, 0.25) is 0 Å². The first-order valence-corrected chi connectivity index (χ1v) is 7.85. The number of anilines is 1. The SMILES string of the molecule is Cc1cc(CCN)cnc1N1CC2CCCN2CC1C. The third-order valence-corrected chi connectivity index (χ3v) is 4.75. The summed E-state index contributed by atoms with van der Waals surface area (Å²) in [5, 5.41) is 0. The standard InChI is InChI=1S/C16H26N4/c1-12-8-14(5-6-17)9-18-16(12)20-11-15-4-3-7-19(15)10-13(20)2/h8-9,13,15H,3-7,10-11,17H2,1-2H3. The molecule has 0 spiro atoms. The molecule has 0 bridgehead atoms. The van der Waals surface area contributed by atoms with Crippen LogP contribution in [0.25, 0.3) is 0 Å². The lowest BCUT2D eigenvalue weighted by atomic mass is 10.1. The summed E-state index contributed by atoms with van der Waals surface area (Å²) >= 11 is 0. The summed E-state index contributed by atoms with van der Waals surface area (Å²) in [6, 6.07) is 3.54. The van der Waals surface area contributed by atoms with Crippen LogP contribution < -0.4 is 10.6 Å². The van der Waals surface area contributed by atoms with Crippen LogP contribution in [-0.2, 0) is 6.42 Å². The highest BCUT2D eigenvalue weighted by Crippen LogP contribution is 2.29. The fourth-order valence-corrected chi connectivity index (χ4v) is 3.71. The molecule has 1 aromatic heterocycles. The van der Waals surface area contributed by atoms with Gasteiger partial charge in [0.2, 0.25) is 0 Å². The van der Waals surface area contributed by atoms with Gasteiger partial charge in [0.05, 0.1) is 0 Å². The molecule has 2 saturated heterocycles. The van der Waals surface area contributed by atoms with E-state index in [2.05, 4.69) is 29.7 Å². The Balaban J connectivity index is 1.81. The van der Waals surface area contributed by atoms with Gasteiger partial charge >= 0.3 is 0 Å². The van der Waals surface area contributed by atoms with Crippen molar-refractivity contribution in [1.29, 1.82) is 0 Å². The topological polar surface area (TPSA) is 45.4 Å². The van der Waals surface area contributed by atoms with Gasteiger partial charge in [-0.15, -0.1) is 0 Å². The van der Waals surface area contributed by atoms with Crippen molar-refractivity contribution in [2.45, 2.75) is 45.2 Å². The maximum Gasteiger partial charge on any atom is 0.131 e. The number of fused-ring (bicyclic) bond motifs is 1. The Hall–Kier alpha value is -1.13. The van der Waals surface area contributed by atoms with Gasteiger partial charge in [0.1, 0.15) is 5.82 Å². The van der Waals surface area contributed by atoms with Gasteiger partial charge in [0.25, 0.3) is 0 Å². The minimum atomic E-state index is 0.552. The molecule has 2 fully saturated rings. The Labute approximate surface area is 122 Å². The lowest BCUT2D eigenvalue weighted by Gasteiger charge is -2.43. The lowest BCUT2D eigenvalue weighted by Crippen LogP contribution is -2.55. The molecule has 3 rings (SSSR count). The van der Waals surface area contributed by atoms with E-state index in [1.165, 1.54) is 42.9 Å². The van der Waals surface area contributed by atoms with E-state index >= 15 is 0 Å². The second kappa shape index (κ2) is 5.70. The quantitative estimate of drug-likeness (QED) is 0.908. The first-order valence-electron chi connectivity index (χ1n) is 7.85. The Morgan fingerprint density at radius 2 is 2.25 bits per heavy atom. The van der Waals surface area contributed by atoms with E-state index in [0.717, 1.165) is 19.0 Å². The molecule has 1 aromatic rings. The number of pyridine rings is 1. The van der Waals surface area contributed by atoms with Crippen LogP contribution in [-0.4, -0.2) is 48.1 Å². The molecule has 2 atom stereocenters. The zero-order valence-electron chi connectivity index (χ0n) is 12.7. The largest absolute Gasteiger partial charge is 0.351 e. The minimum Gasteiger partial charge on any atom is -0.351 e. The second-order valence-electron chi connectivity index (χ2n) is 6.32. The van der Waals surface area contributed by atoms with E-state index in [1.807, 2.05) is 6.20 Å². The van der Waals surface area contributed by atoms with Crippen LogP contribution in [0.3, 0.4) is 0 Å². The molecule has 20 heavy (non-hydrogen) atoms. The van der Waals surface area contributed by atoms with E-state index in [9.17, 15) is 0 Å². The van der Waals surface area contributed by atoms with Crippen molar-refractivity contribution < 1.29 is 0 Å². The van der Waals surface area contributed by atoms with Crippen LogP contribution in [0.15, 0.2) is 12.3 Å². The first-order chi connectivity index (χ1) is 9.69. The van der Waals surface area contributed by atoms with Gasteiger partial charge in [0, 0.05) is 31.4 Å². The molecule has 0 aliphatic carbocycles. The molecule has 110 valence electrons. The molecule has 4 nitrogen and oxygen atoms in total. The van der Waals surface area contributed by atoms with E-state index in [-0.39, 0.29) is 0 Å².